The first-order valence-corrected chi connectivity index (χ1v) is 6.77. The molecule has 3 heterocycles. The second-order valence-corrected chi connectivity index (χ2v) is 5.14. The molecule has 0 aliphatic carbocycles. The molecule has 20 heavy (non-hydrogen) atoms. The number of anilines is 1. The number of rotatable bonds is 1. The molecule has 2 aromatic heterocycles. The van der Waals surface area contributed by atoms with Crippen LogP contribution in [-0.4, -0.2) is 16.1 Å². The van der Waals surface area contributed by atoms with Crippen molar-refractivity contribution < 1.29 is 0 Å². The van der Waals surface area contributed by atoms with Gasteiger partial charge in [-0.1, -0.05) is 18.2 Å². The first-order valence-electron chi connectivity index (χ1n) is 6.77. The predicted molar refractivity (Wildman–Crippen MR) is 83.5 cm³/mol. The first-order chi connectivity index (χ1) is 9.83. The van der Waals surface area contributed by atoms with Crippen LogP contribution in [0.5, 0.6) is 0 Å². The van der Waals surface area contributed by atoms with Crippen LogP contribution in [0.3, 0.4) is 0 Å². The topological polar surface area (TPSA) is 29.9 Å². The normalized spacial score (nSPS) is 15.6. The fourth-order valence-corrected chi connectivity index (χ4v) is 2.87. The van der Waals surface area contributed by atoms with Gasteiger partial charge in [0.1, 0.15) is 0 Å². The van der Waals surface area contributed by atoms with Gasteiger partial charge in [0, 0.05) is 42.5 Å². The molecule has 0 saturated carbocycles. The van der Waals surface area contributed by atoms with Crippen molar-refractivity contribution in [2.75, 3.05) is 11.9 Å². The molecule has 98 valence electrons. The molecule has 0 bridgehead atoms. The summed E-state index contributed by atoms with van der Waals surface area (Å²) in [5, 5.41) is 4.67. The van der Waals surface area contributed by atoms with Crippen molar-refractivity contribution in [1.82, 2.24) is 9.55 Å². The van der Waals surface area contributed by atoms with Gasteiger partial charge >= 0.3 is 0 Å². The van der Waals surface area contributed by atoms with Gasteiger partial charge in [-0.3, -0.25) is 4.98 Å². The summed E-state index contributed by atoms with van der Waals surface area (Å²) in [7, 11) is 2.09. The highest BCUT2D eigenvalue weighted by Gasteiger charge is 2.16. The lowest BCUT2D eigenvalue weighted by molar-refractivity contribution is 0.968. The molecular weight excluding hydrogens is 246 g/mol. The summed E-state index contributed by atoms with van der Waals surface area (Å²) in [6.45, 7) is 0.843. The van der Waals surface area contributed by atoms with Crippen molar-refractivity contribution >= 4 is 28.2 Å². The zero-order valence-corrected chi connectivity index (χ0v) is 11.3. The third-order valence-corrected chi connectivity index (χ3v) is 3.84. The van der Waals surface area contributed by atoms with Crippen molar-refractivity contribution in [2.24, 2.45) is 7.05 Å². The Balaban J connectivity index is 1.88. The second kappa shape index (κ2) is 4.23. The third kappa shape index (κ3) is 1.63. The Hall–Kier alpha value is -2.55. The summed E-state index contributed by atoms with van der Waals surface area (Å²) in [5.74, 6) is 0. The van der Waals surface area contributed by atoms with Gasteiger partial charge in [0.05, 0.1) is 11.4 Å². The van der Waals surface area contributed by atoms with Gasteiger partial charge in [-0.15, -0.1) is 0 Å². The molecule has 1 aliphatic heterocycles. The zero-order valence-electron chi connectivity index (χ0n) is 11.3. The molecule has 1 aromatic carbocycles. The van der Waals surface area contributed by atoms with E-state index in [2.05, 4.69) is 64.5 Å². The molecule has 0 radical (unpaired) electrons. The zero-order chi connectivity index (χ0) is 13.5. The Morgan fingerprint density at radius 1 is 1.20 bits per heavy atom. The maximum Gasteiger partial charge on any atom is 0.0911 e. The fourth-order valence-electron chi connectivity index (χ4n) is 2.87. The van der Waals surface area contributed by atoms with Crippen LogP contribution in [0.2, 0.25) is 0 Å². The van der Waals surface area contributed by atoms with Crippen molar-refractivity contribution in [3.05, 3.63) is 60.0 Å². The lowest BCUT2D eigenvalue weighted by Gasteiger charge is -1.97. The summed E-state index contributed by atoms with van der Waals surface area (Å²) in [6.07, 6.45) is 6.27. The molecule has 1 aliphatic rings. The molecule has 0 unspecified atom stereocenters. The average molecular weight is 261 g/mol. The van der Waals surface area contributed by atoms with Crippen molar-refractivity contribution in [3.8, 4) is 0 Å². The van der Waals surface area contributed by atoms with E-state index in [1.807, 2.05) is 12.3 Å². The van der Waals surface area contributed by atoms with E-state index in [4.69, 9.17) is 0 Å². The fraction of sp³-hybridized carbons (Fsp3) is 0.118. The molecule has 1 N–H and O–H groups in total. The molecular formula is C17H15N3. The Bertz CT molecular complexity index is 827. The van der Waals surface area contributed by atoms with E-state index < -0.39 is 0 Å². The van der Waals surface area contributed by atoms with Crippen LogP contribution in [0.25, 0.3) is 22.6 Å². The number of benzene rings is 1. The molecule has 3 heteroatoms. The van der Waals surface area contributed by atoms with Gasteiger partial charge < -0.3 is 9.88 Å². The summed E-state index contributed by atoms with van der Waals surface area (Å²) < 4.78 is 2.17. The van der Waals surface area contributed by atoms with Gasteiger partial charge in [0.15, 0.2) is 0 Å². The standard InChI is InChI=1S/C17H15N3/c1-20-11-13(14-5-2-3-7-16(14)20)9-12-10-19-15-6-4-8-18-17(12)15/h2-9,11,19H,10H2,1H3/b12-9-. The summed E-state index contributed by atoms with van der Waals surface area (Å²) >= 11 is 0. The Morgan fingerprint density at radius 2 is 2.10 bits per heavy atom. The molecule has 0 spiro atoms. The minimum atomic E-state index is 0.843. The predicted octanol–water partition coefficient (Wildman–Crippen LogP) is 3.54. The van der Waals surface area contributed by atoms with Crippen LogP contribution in [0.15, 0.2) is 48.8 Å². The number of hydrogen-bond acceptors (Lipinski definition) is 2. The third-order valence-electron chi connectivity index (χ3n) is 3.84. The molecule has 3 nitrogen and oxygen atoms in total. The Kier molecular flexibility index (Phi) is 2.39. The minimum absolute atomic E-state index is 0.843. The summed E-state index contributed by atoms with van der Waals surface area (Å²) in [5.41, 5.74) is 5.95. The highest BCUT2D eigenvalue weighted by molar-refractivity contribution is 5.98. The molecule has 3 aromatic rings. The molecule has 0 amide bonds. The number of nitrogens with one attached hydrogen (secondary N) is 1. The lowest BCUT2D eigenvalue weighted by atomic mass is 10.1. The van der Waals surface area contributed by atoms with Crippen LogP contribution >= 0.6 is 0 Å². The lowest BCUT2D eigenvalue weighted by Crippen LogP contribution is -1.91. The number of pyridine rings is 1. The maximum atomic E-state index is 4.49. The van der Waals surface area contributed by atoms with E-state index in [0.717, 1.165) is 17.9 Å². The number of aromatic nitrogens is 2. The Labute approximate surface area is 117 Å². The highest BCUT2D eigenvalue weighted by atomic mass is 14.9. The number of para-hydroxylation sites is 1. The van der Waals surface area contributed by atoms with E-state index in [9.17, 15) is 0 Å². The minimum Gasteiger partial charge on any atom is -0.379 e. The number of aryl methyl sites for hydroxylation is 1. The van der Waals surface area contributed by atoms with Crippen molar-refractivity contribution in [2.45, 2.75) is 0 Å². The quantitative estimate of drug-likeness (QED) is 0.726. The smallest absolute Gasteiger partial charge is 0.0911 e. The van der Waals surface area contributed by atoms with E-state index >= 15 is 0 Å². The largest absolute Gasteiger partial charge is 0.379 e. The van der Waals surface area contributed by atoms with Gasteiger partial charge in [-0.2, -0.15) is 0 Å². The van der Waals surface area contributed by atoms with Crippen LogP contribution in [-0.2, 0) is 7.05 Å². The van der Waals surface area contributed by atoms with E-state index in [-0.39, 0.29) is 0 Å². The number of hydrogen-bond donors (Lipinski definition) is 1. The van der Waals surface area contributed by atoms with Gasteiger partial charge in [0.2, 0.25) is 0 Å². The highest BCUT2D eigenvalue weighted by Crippen LogP contribution is 2.31. The van der Waals surface area contributed by atoms with E-state index in [1.54, 1.807) is 0 Å². The molecule has 0 fully saturated rings. The van der Waals surface area contributed by atoms with Crippen molar-refractivity contribution in [1.29, 1.82) is 0 Å². The number of nitrogens with zero attached hydrogens (tertiary/aromatic N) is 2. The first kappa shape index (κ1) is 11.3. The van der Waals surface area contributed by atoms with Gasteiger partial charge in [-0.25, -0.2) is 0 Å². The Morgan fingerprint density at radius 3 is 3.05 bits per heavy atom. The SMILES string of the molecule is Cn1cc(/C=C2/CNc3cccnc32)c2ccccc21. The van der Waals surface area contributed by atoms with Crippen LogP contribution < -0.4 is 5.32 Å². The molecule has 0 atom stereocenters. The number of fused-ring (bicyclic) bond motifs is 2. The van der Waals surface area contributed by atoms with E-state index in [0.29, 0.717) is 0 Å². The second-order valence-electron chi connectivity index (χ2n) is 5.14. The summed E-state index contributed by atoms with van der Waals surface area (Å²) in [6, 6.07) is 12.5. The maximum absolute atomic E-state index is 4.49. The average Bonchev–Trinajstić information content (AvgIpc) is 3.03. The summed E-state index contributed by atoms with van der Waals surface area (Å²) in [4.78, 5) is 4.49. The van der Waals surface area contributed by atoms with Crippen molar-refractivity contribution in [3.63, 3.8) is 0 Å². The van der Waals surface area contributed by atoms with E-state index in [1.165, 1.54) is 22.0 Å². The van der Waals surface area contributed by atoms with Crippen LogP contribution in [0, 0.1) is 0 Å². The molecule has 0 saturated heterocycles. The van der Waals surface area contributed by atoms with Crippen LogP contribution in [0.1, 0.15) is 11.3 Å². The van der Waals surface area contributed by atoms with Gasteiger partial charge in [-0.05, 0) is 29.8 Å². The monoisotopic (exact) mass is 261 g/mol. The molecule has 4 rings (SSSR count). The van der Waals surface area contributed by atoms with Gasteiger partial charge in [0.25, 0.3) is 0 Å². The van der Waals surface area contributed by atoms with Crippen LogP contribution in [0.4, 0.5) is 5.69 Å².